The predicted molar refractivity (Wildman–Crippen MR) is 80.7 cm³/mol. The Morgan fingerprint density at radius 3 is 2.55 bits per heavy atom. The first-order chi connectivity index (χ1) is 10.2. The zero-order chi connectivity index (χ0) is 16.9. The van der Waals surface area contributed by atoms with E-state index >= 15 is 0 Å². The molecule has 1 aliphatic heterocycles. The summed E-state index contributed by atoms with van der Waals surface area (Å²) in [6, 6.07) is 0. The average molecular weight is 356 g/mol. The van der Waals surface area contributed by atoms with E-state index in [0.29, 0.717) is 0 Å². The first kappa shape index (κ1) is 19.4. The number of nitrogens with zero attached hydrogens (tertiary/aromatic N) is 1. The molecule has 0 bridgehead atoms. The SMILES string of the molecule is C=CC/C(=N/OS(=C)(=O)[O-])S[C@@H]1OC(CO)[C@@H](O)[C@H](O)C1O. The fourth-order valence-electron chi connectivity index (χ4n) is 1.63. The number of aliphatic hydroxyl groups excluding tert-OH is 4. The Morgan fingerprint density at radius 1 is 1.41 bits per heavy atom. The van der Waals surface area contributed by atoms with E-state index in [9.17, 15) is 24.1 Å². The fourth-order valence-corrected chi connectivity index (χ4v) is 2.94. The molecule has 1 fully saturated rings. The van der Waals surface area contributed by atoms with Crippen molar-refractivity contribution in [1.29, 1.82) is 0 Å². The van der Waals surface area contributed by atoms with E-state index in [0.717, 1.165) is 11.8 Å². The Bertz CT molecular complexity index is 506. The van der Waals surface area contributed by atoms with Gasteiger partial charge in [0.05, 0.1) is 16.7 Å². The molecule has 0 aromatic carbocycles. The van der Waals surface area contributed by atoms with Gasteiger partial charge in [-0.25, -0.2) is 4.21 Å². The van der Waals surface area contributed by atoms with Crippen LogP contribution in [-0.2, 0) is 19.1 Å². The number of hydrogen-bond donors (Lipinski definition) is 4. The molecular weight excluding hydrogens is 338 g/mol. The molecule has 0 aromatic rings. The Kier molecular flexibility index (Phi) is 7.28. The van der Waals surface area contributed by atoms with Crippen LogP contribution >= 0.6 is 11.8 Å². The van der Waals surface area contributed by atoms with Crippen LogP contribution < -0.4 is 0 Å². The minimum absolute atomic E-state index is 0.0894. The van der Waals surface area contributed by atoms with Crippen LogP contribution in [0.4, 0.5) is 0 Å². The van der Waals surface area contributed by atoms with Gasteiger partial charge in [-0.3, -0.25) is 0 Å². The van der Waals surface area contributed by atoms with Crippen molar-refractivity contribution >= 4 is 32.8 Å². The van der Waals surface area contributed by atoms with E-state index in [1.54, 1.807) is 0 Å². The second-order valence-electron chi connectivity index (χ2n) is 4.43. The molecule has 0 aliphatic carbocycles. The van der Waals surface area contributed by atoms with Crippen molar-refractivity contribution in [3.63, 3.8) is 0 Å². The number of thioether (sulfide) groups is 1. The van der Waals surface area contributed by atoms with Crippen LogP contribution in [0.15, 0.2) is 17.8 Å². The molecule has 4 N–H and O–H groups in total. The molecule has 6 atom stereocenters. The van der Waals surface area contributed by atoms with Crippen LogP contribution in [0.1, 0.15) is 6.42 Å². The van der Waals surface area contributed by atoms with Crippen molar-refractivity contribution in [2.24, 2.45) is 5.16 Å². The van der Waals surface area contributed by atoms with Crippen molar-refractivity contribution < 1.29 is 38.2 Å². The topological polar surface area (TPSA) is 152 Å². The number of oxime groups is 1. The number of ether oxygens (including phenoxy) is 1. The van der Waals surface area contributed by atoms with E-state index in [1.807, 2.05) is 0 Å². The van der Waals surface area contributed by atoms with E-state index < -0.39 is 46.5 Å². The first-order valence-corrected chi connectivity index (χ1v) is 8.57. The van der Waals surface area contributed by atoms with Gasteiger partial charge in [-0.2, -0.15) is 0 Å². The van der Waals surface area contributed by atoms with E-state index in [4.69, 9.17) is 9.84 Å². The molecule has 0 aromatic heterocycles. The summed E-state index contributed by atoms with van der Waals surface area (Å²) in [5, 5.41) is 41.7. The van der Waals surface area contributed by atoms with Gasteiger partial charge in [-0.15, -0.1) is 6.58 Å². The van der Waals surface area contributed by atoms with Gasteiger partial charge < -0.3 is 34.0 Å². The lowest BCUT2D eigenvalue weighted by Crippen LogP contribution is -2.57. The van der Waals surface area contributed by atoms with Gasteiger partial charge in [-0.05, 0) is 5.87 Å². The highest BCUT2D eigenvalue weighted by molar-refractivity contribution is 8.14. The quantitative estimate of drug-likeness (QED) is 0.142. The summed E-state index contributed by atoms with van der Waals surface area (Å²) < 4.78 is 31.1. The van der Waals surface area contributed by atoms with Crippen LogP contribution in [0, 0.1) is 0 Å². The zero-order valence-corrected chi connectivity index (χ0v) is 13.1. The highest BCUT2D eigenvalue weighted by Crippen LogP contribution is 2.30. The summed E-state index contributed by atoms with van der Waals surface area (Å²) in [5.41, 5.74) is -1.09. The molecule has 22 heavy (non-hydrogen) atoms. The van der Waals surface area contributed by atoms with Gasteiger partial charge in [0, 0.05) is 6.42 Å². The molecule has 0 spiro atoms. The average Bonchev–Trinajstić information content (AvgIpc) is 2.44. The fraction of sp³-hybridized carbons (Fsp3) is 0.636. The van der Waals surface area contributed by atoms with Crippen molar-refractivity contribution in [3.8, 4) is 0 Å². The molecule has 1 heterocycles. The molecule has 9 nitrogen and oxygen atoms in total. The monoisotopic (exact) mass is 356 g/mol. The molecule has 1 rings (SSSR count). The summed E-state index contributed by atoms with van der Waals surface area (Å²) in [7, 11) is -4.04. The van der Waals surface area contributed by atoms with Gasteiger partial charge >= 0.3 is 0 Å². The van der Waals surface area contributed by atoms with Crippen molar-refractivity contribution in [2.45, 2.75) is 36.3 Å². The van der Waals surface area contributed by atoms with Crippen LogP contribution in [0.2, 0.25) is 0 Å². The molecule has 0 amide bonds. The number of rotatable bonds is 6. The summed E-state index contributed by atoms with van der Waals surface area (Å²) >= 11 is 0.771. The van der Waals surface area contributed by atoms with Crippen LogP contribution in [0.5, 0.6) is 0 Å². The molecule has 1 saturated heterocycles. The second kappa shape index (κ2) is 8.26. The third kappa shape index (κ3) is 5.52. The lowest BCUT2D eigenvalue weighted by molar-refractivity contribution is -0.205. The minimum Gasteiger partial charge on any atom is -0.746 e. The second-order valence-corrected chi connectivity index (χ2v) is 6.86. The van der Waals surface area contributed by atoms with Crippen LogP contribution in [-0.4, -0.2) is 76.6 Å². The van der Waals surface area contributed by atoms with E-state index in [-0.39, 0.29) is 11.5 Å². The highest BCUT2D eigenvalue weighted by atomic mass is 32.2. The molecule has 128 valence electrons. The Hall–Kier alpha value is -0.660. The van der Waals surface area contributed by atoms with Gasteiger partial charge in [-0.1, -0.05) is 23.0 Å². The number of aliphatic hydroxyl groups is 4. The smallest absolute Gasteiger partial charge is 0.138 e. The summed E-state index contributed by atoms with van der Waals surface area (Å²) in [6.07, 6.45) is -4.05. The summed E-state index contributed by atoms with van der Waals surface area (Å²) in [4.78, 5) is 0. The van der Waals surface area contributed by atoms with Gasteiger partial charge in [0.1, 0.15) is 34.9 Å². The lowest BCUT2D eigenvalue weighted by Gasteiger charge is -2.39. The zero-order valence-electron chi connectivity index (χ0n) is 11.5. The van der Waals surface area contributed by atoms with Crippen LogP contribution in [0.25, 0.3) is 0 Å². The number of hydrogen-bond acceptors (Lipinski definition) is 10. The summed E-state index contributed by atoms with van der Waals surface area (Å²) in [5.74, 6) is 2.73. The van der Waals surface area contributed by atoms with Crippen LogP contribution in [0.3, 0.4) is 0 Å². The normalized spacial score (nSPS) is 35.7. The lowest BCUT2D eigenvalue weighted by atomic mass is 10.0. The van der Waals surface area contributed by atoms with Crippen molar-refractivity contribution in [2.75, 3.05) is 6.61 Å². The van der Waals surface area contributed by atoms with Crippen molar-refractivity contribution in [3.05, 3.63) is 12.7 Å². The molecule has 3 unspecified atom stereocenters. The molecular formula is C11H18NO8S2-. The Labute approximate surface area is 132 Å². The first-order valence-electron chi connectivity index (χ1n) is 6.11. The maximum atomic E-state index is 10.8. The van der Waals surface area contributed by atoms with E-state index in [1.165, 1.54) is 6.08 Å². The predicted octanol–water partition coefficient (Wildman–Crippen LogP) is -1.81. The molecule has 0 saturated carbocycles. The van der Waals surface area contributed by atoms with Gasteiger partial charge in [0.25, 0.3) is 0 Å². The Balaban J connectivity index is 2.85. The molecule has 0 radical (unpaired) electrons. The third-order valence-electron chi connectivity index (χ3n) is 2.67. The third-order valence-corrected chi connectivity index (χ3v) is 4.11. The minimum atomic E-state index is -4.04. The Morgan fingerprint density at radius 2 is 2.05 bits per heavy atom. The molecule has 1 aliphatic rings. The molecule has 11 heteroatoms. The largest absolute Gasteiger partial charge is 0.746 e. The summed E-state index contributed by atoms with van der Waals surface area (Å²) in [6.45, 7) is 2.90. The number of allylic oxidation sites excluding steroid dienone is 1. The maximum Gasteiger partial charge on any atom is 0.138 e. The maximum absolute atomic E-state index is 10.8. The standard InChI is InChI=1S/C11H19NO8S2/c1-3-4-7(12-20-22(2,17)18)21-11-10(16)9(15)8(14)6(5-13)19-11/h3,6,8-11,13-16H,1-2,4-5H2,(H,17,18)/p-1/b12-7-/t6?,8-,9+,10?,11+/m1/s1. The highest BCUT2D eigenvalue weighted by Gasteiger charge is 2.44. The van der Waals surface area contributed by atoms with Gasteiger partial charge in [0.15, 0.2) is 0 Å². The van der Waals surface area contributed by atoms with Crippen molar-refractivity contribution in [1.82, 2.24) is 0 Å². The van der Waals surface area contributed by atoms with E-state index in [2.05, 4.69) is 21.9 Å². The van der Waals surface area contributed by atoms with Gasteiger partial charge in [0.2, 0.25) is 0 Å².